The van der Waals surface area contributed by atoms with Crippen LogP contribution in [0.1, 0.15) is 17.5 Å². The Kier molecular flexibility index (Phi) is 5.52. The highest BCUT2D eigenvalue weighted by atomic mass is 35.5. The molecule has 1 unspecified atom stereocenters. The first-order valence-electron chi connectivity index (χ1n) is 9.61. The summed E-state index contributed by atoms with van der Waals surface area (Å²) in [6.45, 7) is 11.7. The van der Waals surface area contributed by atoms with Crippen molar-refractivity contribution in [2.24, 2.45) is 5.92 Å². The highest BCUT2D eigenvalue weighted by Gasteiger charge is 2.25. The van der Waals surface area contributed by atoms with E-state index in [4.69, 9.17) is 18.2 Å². The molecule has 2 aromatic carbocycles. The van der Waals surface area contributed by atoms with Crippen molar-refractivity contribution in [3.05, 3.63) is 64.0 Å². The highest BCUT2D eigenvalue weighted by Crippen LogP contribution is 2.34. The van der Waals surface area contributed by atoms with Gasteiger partial charge in [-0.05, 0) is 36.6 Å². The predicted molar refractivity (Wildman–Crippen MR) is 117 cm³/mol. The lowest BCUT2D eigenvalue weighted by molar-refractivity contribution is 0.238. The van der Waals surface area contributed by atoms with Crippen molar-refractivity contribution >= 4 is 39.7 Å². The molecule has 1 aromatic heterocycles. The molecule has 1 aliphatic heterocycles. The van der Waals surface area contributed by atoms with Crippen molar-refractivity contribution in [2.75, 3.05) is 29.9 Å². The normalized spacial score (nSPS) is 16.2. The number of rotatable bonds is 5. The molecule has 0 saturated carbocycles. The molecule has 2 N–H and O–H groups in total. The molecule has 29 heavy (non-hydrogen) atoms. The van der Waals surface area contributed by atoms with Gasteiger partial charge in [0.15, 0.2) is 17.3 Å². The second kappa shape index (κ2) is 8.24. The van der Waals surface area contributed by atoms with Crippen LogP contribution in [0.2, 0.25) is 5.02 Å². The Morgan fingerprint density at radius 3 is 2.83 bits per heavy atom. The zero-order chi connectivity index (χ0) is 20.4. The molecule has 1 atom stereocenters. The molecule has 4 rings (SSSR count). The topological polar surface area (TPSA) is 65.6 Å². The van der Waals surface area contributed by atoms with E-state index in [1.165, 1.54) is 0 Å². The van der Waals surface area contributed by atoms with E-state index >= 15 is 0 Å². The van der Waals surface area contributed by atoms with E-state index in [9.17, 15) is 5.11 Å². The summed E-state index contributed by atoms with van der Waals surface area (Å²) in [5.74, 6) is 1.71. The number of aromatic nitrogens is 2. The zero-order valence-electron chi connectivity index (χ0n) is 16.2. The lowest BCUT2D eigenvalue weighted by Gasteiger charge is -2.20. The van der Waals surface area contributed by atoms with Crippen LogP contribution in [0.5, 0.6) is 0 Å². The summed E-state index contributed by atoms with van der Waals surface area (Å²) in [6, 6.07) is 11.6. The van der Waals surface area contributed by atoms with Crippen molar-refractivity contribution in [2.45, 2.75) is 19.9 Å². The molecule has 0 radical (unpaired) electrons. The minimum atomic E-state index is 0.183. The van der Waals surface area contributed by atoms with Gasteiger partial charge in [0.25, 0.3) is 0 Å². The van der Waals surface area contributed by atoms with Gasteiger partial charge in [-0.25, -0.2) is 4.85 Å². The van der Waals surface area contributed by atoms with Gasteiger partial charge in [0.1, 0.15) is 0 Å². The lowest BCUT2D eigenvalue weighted by Crippen LogP contribution is -2.22. The van der Waals surface area contributed by atoms with Gasteiger partial charge in [-0.2, -0.15) is 0 Å². The van der Waals surface area contributed by atoms with Crippen LogP contribution >= 0.6 is 11.6 Å². The van der Waals surface area contributed by atoms with Gasteiger partial charge in [-0.1, -0.05) is 35.9 Å². The van der Waals surface area contributed by atoms with Gasteiger partial charge in [0.05, 0.1) is 6.57 Å². The SMILES string of the molecule is [C-]#[N+]c1ccc2c(N3CCC(CO)C3)nnc(NCc3ccc(C)c(Cl)c3)c2c1. The number of nitrogens with zero attached hydrogens (tertiary/aromatic N) is 4. The standard InChI is InChI=1S/C22H22ClN5O/c1-14-3-4-15(9-20(14)23)11-25-21-19-10-17(24-2)5-6-18(19)22(27-26-21)28-8-7-16(12-28)13-29/h3-6,9-10,16,29H,7-8,11-13H2,1H3,(H,25,26). The van der Waals surface area contributed by atoms with Crippen molar-refractivity contribution in [3.8, 4) is 0 Å². The smallest absolute Gasteiger partial charge is 0.188 e. The number of anilines is 2. The van der Waals surface area contributed by atoms with Crippen molar-refractivity contribution in [3.63, 3.8) is 0 Å². The average molecular weight is 408 g/mol. The Morgan fingerprint density at radius 1 is 1.24 bits per heavy atom. The van der Waals surface area contributed by atoms with Crippen LogP contribution in [0.25, 0.3) is 15.6 Å². The molecule has 7 heteroatoms. The Hall–Kier alpha value is -2.88. The van der Waals surface area contributed by atoms with Crippen LogP contribution in [0.15, 0.2) is 36.4 Å². The summed E-state index contributed by atoms with van der Waals surface area (Å²) in [7, 11) is 0. The number of aliphatic hydroxyl groups excluding tert-OH is 1. The number of aryl methyl sites for hydroxylation is 1. The number of benzene rings is 2. The van der Waals surface area contributed by atoms with Gasteiger partial charge in [-0.15, -0.1) is 10.2 Å². The van der Waals surface area contributed by atoms with E-state index in [-0.39, 0.29) is 12.5 Å². The third-order valence-electron chi connectivity index (χ3n) is 5.41. The number of hydrogen-bond donors (Lipinski definition) is 2. The van der Waals surface area contributed by atoms with Gasteiger partial charge >= 0.3 is 0 Å². The van der Waals surface area contributed by atoms with Crippen LogP contribution in [-0.2, 0) is 6.54 Å². The molecule has 0 amide bonds. The fraction of sp³-hybridized carbons (Fsp3) is 0.318. The summed E-state index contributed by atoms with van der Waals surface area (Å²) in [5, 5.41) is 24.3. The van der Waals surface area contributed by atoms with Gasteiger partial charge < -0.3 is 15.3 Å². The molecule has 3 aromatic rings. The molecule has 148 valence electrons. The van der Waals surface area contributed by atoms with E-state index in [2.05, 4.69) is 25.3 Å². The summed E-state index contributed by atoms with van der Waals surface area (Å²) >= 11 is 6.24. The minimum absolute atomic E-state index is 0.183. The molecule has 2 heterocycles. The minimum Gasteiger partial charge on any atom is -0.396 e. The number of nitrogens with one attached hydrogen (secondary N) is 1. The average Bonchev–Trinajstić information content (AvgIpc) is 3.23. The van der Waals surface area contributed by atoms with Gasteiger partial charge in [0.2, 0.25) is 0 Å². The van der Waals surface area contributed by atoms with E-state index in [1.807, 2.05) is 43.3 Å². The van der Waals surface area contributed by atoms with E-state index in [0.717, 1.165) is 52.3 Å². The molecule has 1 aliphatic rings. The number of aliphatic hydroxyl groups is 1. The number of halogens is 1. The molecule has 0 aliphatic carbocycles. The Labute approximate surface area is 175 Å². The molecule has 0 spiro atoms. The summed E-state index contributed by atoms with van der Waals surface area (Å²) < 4.78 is 0. The number of fused-ring (bicyclic) bond motifs is 1. The predicted octanol–water partition coefficient (Wildman–Crippen LogP) is 4.57. The van der Waals surface area contributed by atoms with E-state index in [0.29, 0.717) is 18.1 Å². The highest BCUT2D eigenvalue weighted by molar-refractivity contribution is 6.31. The zero-order valence-corrected chi connectivity index (χ0v) is 16.9. The molecular weight excluding hydrogens is 386 g/mol. The van der Waals surface area contributed by atoms with Gasteiger partial charge in [0, 0.05) is 48.0 Å². The van der Waals surface area contributed by atoms with E-state index in [1.54, 1.807) is 0 Å². The van der Waals surface area contributed by atoms with Crippen LogP contribution in [-0.4, -0.2) is 35.0 Å². The van der Waals surface area contributed by atoms with E-state index < -0.39 is 0 Å². The Morgan fingerprint density at radius 2 is 2.10 bits per heavy atom. The summed E-state index contributed by atoms with van der Waals surface area (Å²) in [6.07, 6.45) is 0.938. The van der Waals surface area contributed by atoms with Crippen LogP contribution < -0.4 is 10.2 Å². The molecule has 0 bridgehead atoms. The fourth-order valence-corrected chi connectivity index (χ4v) is 3.87. The van der Waals surface area contributed by atoms with Crippen LogP contribution in [0.3, 0.4) is 0 Å². The quantitative estimate of drug-likeness (QED) is 0.606. The third kappa shape index (κ3) is 3.98. The largest absolute Gasteiger partial charge is 0.396 e. The van der Waals surface area contributed by atoms with Crippen molar-refractivity contribution < 1.29 is 5.11 Å². The fourth-order valence-electron chi connectivity index (χ4n) is 3.67. The Balaban J connectivity index is 1.68. The van der Waals surface area contributed by atoms with Gasteiger partial charge in [-0.3, -0.25) is 0 Å². The molecule has 1 saturated heterocycles. The maximum atomic E-state index is 9.46. The molecule has 6 nitrogen and oxygen atoms in total. The van der Waals surface area contributed by atoms with Crippen molar-refractivity contribution in [1.29, 1.82) is 0 Å². The number of hydrogen-bond acceptors (Lipinski definition) is 5. The monoisotopic (exact) mass is 407 g/mol. The maximum Gasteiger partial charge on any atom is 0.188 e. The van der Waals surface area contributed by atoms with Crippen LogP contribution in [0.4, 0.5) is 17.3 Å². The first-order valence-corrected chi connectivity index (χ1v) is 9.99. The molecule has 1 fully saturated rings. The second-order valence-electron chi connectivity index (χ2n) is 7.43. The van der Waals surface area contributed by atoms with Crippen LogP contribution in [0, 0.1) is 19.4 Å². The Bertz CT molecular complexity index is 1090. The maximum absolute atomic E-state index is 9.46. The first-order chi connectivity index (χ1) is 14.1. The third-order valence-corrected chi connectivity index (χ3v) is 5.82. The summed E-state index contributed by atoms with van der Waals surface area (Å²) in [4.78, 5) is 5.73. The first kappa shape index (κ1) is 19.4. The molecular formula is C22H22ClN5O. The summed E-state index contributed by atoms with van der Waals surface area (Å²) in [5.41, 5.74) is 2.65. The van der Waals surface area contributed by atoms with Crippen molar-refractivity contribution in [1.82, 2.24) is 10.2 Å². The second-order valence-corrected chi connectivity index (χ2v) is 7.84. The lowest BCUT2D eigenvalue weighted by atomic mass is 10.1.